The highest BCUT2D eigenvalue weighted by molar-refractivity contribution is 5.88. The van der Waals surface area contributed by atoms with E-state index in [1.165, 1.54) is 12.1 Å². The summed E-state index contributed by atoms with van der Waals surface area (Å²) in [5, 5.41) is 8.76. The molecule has 1 aromatic rings. The van der Waals surface area contributed by atoms with E-state index in [-0.39, 0.29) is 23.2 Å². The predicted molar refractivity (Wildman–Crippen MR) is 58.5 cm³/mol. The van der Waals surface area contributed by atoms with Crippen molar-refractivity contribution in [1.29, 1.82) is 0 Å². The lowest BCUT2D eigenvalue weighted by molar-refractivity contribution is -0.138. The highest BCUT2D eigenvalue weighted by atomic mass is 16.5. The van der Waals surface area contributed by atoms with Crippen LogP contribution in [0.5, 0.6) is 5.75 Å². The van der Waals surface area contributed by atoms with Crippen LogP contribution in [0.15, 0.2) is 24.3 Å². The molecule has 0 aliphatic carbocycles. The molecular formula is C12H14O4. The van der Waals surface area contributed by atoms with Crippen molar-refractivity contribution in [3.8, 4) is 5.75 Å². The minimum atomic E-state index is -1.04. The molecule has 0 aliphatic heterocycles. The maximum atomic E-state index is 11.5. The second-order valence-corrected chi connectivity index (χ2v) is 3.56. The van der Waals surface area contributed by atoms with Crippen molar-refractivity contribution in [2.24, 2.45) is 5.92 Å². The Kier molecular flexibility index (Phi) is 4.05. The molecule has 0 saturated carbocycles. The fraction of sp³-hybridized carbons (Fsp3) is 0.333. The van der Waals surface area contributed by atoms with Crippen LogP contribution in [0.3, 0.4) is 0 Å². The number of esters is 1. The van der Waals surface area contributed by atoms with Crippen molar-refractivity contribution in [2.75, 3.05) is 0 Å². The first-order chi connectivity index (χ1) is 7.54. The minimum Gasteiger partial charge on any atom is -0.478 e. The fourth-order valence-corrected chi connectivity index (χ4v) is 1.08. The Morgan fingerprint density at radius 2 is 2.12 bits per heavy atom. The summed E-state index contributed by atoms with van der Waals surface area (Å²) in [6.45, 7) is 3.66. The van der Waals surface area contributed by atoms with Crippen LogP contribution in [0.2, 0.25) is 0 Å². The molecule has 1 rings (SSSR count). The summed E-state index contributed by atoms with van der Waals surface area (Å²) >= 11 is 0. The van der Waals surface area contributed by atoms with Gasteiger partial charge in [-0.2, -0.15) is 0 Å². The average molecular weight is 222 g/mol. The number of carbonyl (C=O) groups is 2. The second-order valence-electron chi connectivity index (χ2n) is 3.56. The molecule has 0 heterocycles. The van der Waals surface area contributed by atoms with Crippen molar-refractivity contribution in [2.45, 2.75) is 20.3 Å². The standard InChI is InChI=1S/C12H14O4/c1-3-8(2)12(15)16-10-6-4-5-9(7-10)11(13)14/h4-8H,3H2,1-2H3,(H,13,14). The van der Waals surface area contributed by atoms with Crippen molar-refractivity contribution in [3.05, 3.63) is 29.8 Å². The summed E-state index contributed by atoms with van der Waals surface area (Å²) in [4.78, 5) is 22.1. The van der Waals surface area contributed by atoms with Crippen LogP contribution in [0.4, 0.5) is 0 Å². The summed E-state index contributed by atoms with van der Waals surface area (Å²) in [5.41, 5.74) is 0.106. The number of aromatic carboxylic acids is 1. The smallest absolute Gasteiger partial charge is 0.335 e. The number of carbonyl (C=O) groups excluding carboxylic acids is 1. The summed E-state index contributed by atoms with van der Waals surface area (Å²) in [5.74, 6) is -1.30. The van der Waals surface area contributed by atoms with Crippen LogP contribution in [0.1, 0.15) is 30.6 Å². The highest BCUT2D eigenvalue weighted by Crippen LogP contribution is 2.15. The first-order valence-corrected chi connectivity index (χ1v) is 5.09. The first kappa shape index (κ1) is 12.2. The predicted octanol–water partition coefficient (Wildman–Crippen LogP) is 2.34. The third-order valence-electron chi connectivity index (χ3n) is 2.31. The molecule has 0 aromatic heterocycles. The molecule has 86 valence electrons. The SMILES string of the molecule is CCC(C)C(=O)Oc1cccc(C(=O)O)c1. The molecule has 4 nitrogen and oxygen atoms in total. The van der Waals surface area contributed by atoms with Gasteiger partial charge in [0.15, 0.2) is 0 Å². The van der Waals surface area contributed by atoms with Gasteiger partial charge in [-0.15, -0.1) is 0 Å². The molecule has 1 atom stereocenters. The quantitative estimate of drug-likeness (QED) is 0.627. The monoisotopic (exact) mass is 222 g/mol. The number of ether oxygens (including phenoxy) is 1. The molecule has 0 aliphatic rings. The minimum absolute atomic E-state index is 0.106. The largest absolute Gasteiger partial charge is 0.478 e. The molecule has 4 heteroatoms. The molecule has 0 spiro atoms. The van der Waals surface area contributed by atoms with E-state index in [2.05, 4.69) is 0 Å². The summed E-state index contributed by atoms with van der Waals surface area (Å²) in [6, 6.07) is 5.89. The molecule has 0 radical (unpaired) electrons. The van der Waals surface area contributed by atoms with E-state index >= 15 is 0 Å². The first-order valence-electron chi connectivity index (χ1n) is 5.09. The number of benzene rings is 1. The van der Waals surface area contributed by atoms with Crippen LogP contribution in [0, 0.1) is 5.92 Å². The number of hydrogen-bond acceptors (Lipinski definition) is 3. The molecule has 1 N–H and O–H groups in total. The lowest BCUT2D eigenvalue weighted by Crippen LogP contribution is -2.17. The average Bonchev–Trinajstić information content (AvgIpc) is 2.28. The van der Waals surface area contributed by atoms with Crippen molar-refractivity contribution < 1.29 is 19.4 Å². The number of rotatable bonds is 4. The zero-order valence-corrected chi connectivity index (χ0v) is 9.27. The number of carboxylic acids is 1. The van der Waals surface area contributed by atoms with Crippen molar-refractivity contribution >= 4 is 11.9 Å². The zero-order chi connectivity index (χ0) is 12.1. The van der Waals surface area contributed by atoms with Crippen LogP contribution in [-0.4, -0.2) is 17.0 Å². The molecule has 1 unspecified atom stereocenters. The third-order valence-corrected chi connectivity index (χ3v) is 2.31. The van der Waals surface area contributed by atoms with Gasteiger partial charge in [-0.1, -0.05) is 19.9 Å². The maximum absolute atomic E-state index is 11.5. The van der Waals surface area contributed by atoms with Gasteiger partial charge in [-0.05, 0) is 24.6 Å². The topological polar surface area (TPSA) is 63.6 Å². The third kappa shape index (κ3) is 3.08. The fourth-order valence-electron chi connectivity index (χ4n) is 1.08. The molecule has 16 heavy (non-hydrogen) atoms. The summed E-state index contributed by atoms with van der Waals surface area (Å²) in [7, 11) is 0. The van der Waals surface area contributed by atoms with Crippen LogP contribution < -0.4 is 4.74 Å². The van der Waals surface area contributed by atoms with E-state index in [1.54, 1.807) is 19.1 Å². The van der Waals surface area contributed by atoms with E-state index < -0.39 is 5.97 Å². The van der Waals surface area contributed by atoms with E-state index in [9.17, 15) is 9.59 Å². The lowest BCUT2D eigenvalue weighted by Gasteiger charge is -2.08. The van der Waals surface area contributed by atoms with Gasteiger partial charge < -0.3 is 9.84 Å². The van der Waals surface area contributed by atoms with Gasteiger partial charge in [0.05, 0.1) is 11.5 Å². The summed E-state index contributed by atoms with van der Waals surface area (Å²) in [6.07, 6.45) is 0.692. The molecule has 0 saturated heterocycles. The number of carboxylic acid groups (broad SMARTS) is 1. The normalized spacial score (nSPS) is 11.9. The van der Waals surface area contributed by atoms with Crippen LogP contribution in [-0.2, 0) is 4.79 Å². The Morgan fingerprint density at radius 3 is 2.69 bits per heavy atom. The van der Waals surface area contributed by atoms with Crippen molar-refractivity contribution in [1.82, 2.24) is 0 Å². The van der Waals surface area contributed by atoms with Gasteiger partial charge in [0.2, 0.25) is 0 Å². The van der Waals surface area contributed by atoms with Gasteiger partial charge in [-0.25, -0.2) is 4.79 Å². The van der Waals surface area contributed by atoms with Crippen LogP contribution in [0.25, 0.3) is 0 Å². The molecule has 1 aromatic carbocycles. The molecule has 0 fully saturated rings. The van der Waals surface area contributed by atoms with E-state index in [0.717, 1.165) is 0 Å². The zero-order valence-electron chi connectivity index (χ0n) is 9.27. The van der Waals surface area contributed by atoms with Gasteiger partial charge in [0, 0.05) is 0 Å². The van der Waals surface area contributed by atoms with E-state index in [0.29, 0.717) is 6.42 Å². The Morgan fingerprint density at radius 1 is 1.44 bits per heavy atom. The van der Waals surface area contributed by atoms with E-state index in [4.69, 9.17) is 9.84 Å². The Bertz CT molecular complexity index is 398. The molecule has 0 bridgehead atoms. The molecular weight excluding hydrogens is 208 g/mol. The van der Waals surface area contributed by atoms with Gasteiger partial charge in [0.1, 0.15) is 5.75 Å². The molecule has 0 amide bonds. The van der Waals surface area contributed by atoms with Crippen LogP contribution >= 0.6 is 0 Å². The lowest BCUT2D eigenvalue weighted by atomic mass is 10.1. The number of hydrogen-bond donors (Lipinski definition) is 1. The Balaban J connectivity index is 2.78. The maximum Gasteiger partial charge on any atom is 0.335 e. The van der Waals surface area contributed by atoms with Crippen molar-refractivity contribution in [3.63, 3.8) is 0 Å². The van der Waals surface area contributed by atoms with E-state index in [1.807, 2.05) is 6.92 Å². The van der Waals surface area contributed by atoms with Gasteiger partial charge >= 0.3 is 11.9 Å². The van der Waals surface area contributed by atoms with Gasteiger partial charge in [0.25, 0.3) is 0 Å². The summed E-state index contributed by atoms with van der Waals surface area (Å²) < 4.78 is 5.06. The second kappa shape index (κ2) is 5.30. The Hall–Kier alpha value is -1.84. The Labute approximate surface area is 93.9 Å². The van der Waals surface area contributed by atoms with Gasteiger partial charge in [-0.3, -0.25) is 4.79 Å². The highest BCUT2D eigenvalue weighted by Gasteiger charge is 2.13.